The molecule has 0 radical (unpaired) electrons. The number of aryl methyl sites for hydroxylation is 2. The first-order chi connectivity index (χ1) is 10.6. The second kappa shape index (κ2) is 5.44. The molecule has 0 spiro atoms. The first-order valence-corrected chi connectivity index (χ1v) is 6.97. The molecular weight excluding hydrogens is 280 g/mol. The van der Waals surface area contributed by atoms with E-state index < -0.39 is 0 Å². The standard InChI is InChI=1S/C15H16N6O/c1-3-21-8-11(9(2)20-21)13(16)18-14-10-6-4-5-7-12(10)17-15(22)19-14/h4-8H,3H2,1-2H3,(H3,16,17,18,19,22). The molecule has 0 aliphatic heterocycles. The van der Waals surface area contributed by atoms with E-state index in [1.165, 1.54) is 0 Å². The van der Waals surface area contributed by atoms with Gasteiger partial charge in [-0.15, -0.1) is 0 Å². The van der Waals surface area contributed by atoms with Crippen LogP contribution in [0, 0.1) is 12.3 Å². The molecule has 112 valence electrons. The molecule has 3 rings (SSSR count). The van der Waals surface area contributed by atoms with Crippen molar-refractivity contribution in [2.45, 2.75) is 20.4 Å². The Hall–Kier alpha value is -2.96. The monoisotopic (exact) mass is 296 g/mol. The van der Waals surface area contributed by atoms with Gasteiger partial charge in [0.05, 0.1) is 16.8 Å². The number of hydrogen-bond acceptors (Lipinski definition) is 3. The van der Waals surface area contributed by atoms with Crippen LogP contribution in [0.2, 0.25) is 0 Å². The molecule has 2 aromatic heterocycles. The van der Waals surface area contributed by atoms with Crippen LogP contribution in [0.25, 0.3) is 10.9 Å². The van der Waals surface area contributed by atoms with Gasteiger partial charge in [0.25, 0.3) is 0 Å². The molecule has 1 aromatic carbocycles. The Bertz CT molecular complexity index is 975. The molecule has 3 N–H and O–H groups in total. The van der Waals surface area contributed by atoms with E-state index in [0.717, 1.165) is 17.6 Å². The highest BCUT2D eigenvalue weighted by Crippen LogP contribution is 2.08. The topological polar surface area (TPSA) is 103 Å². The SMILES string of the molecule is CCn1cc(C(=N)/N=c2\[nH]c(=O)[nH]c3ccccc23)c(C)n1. The molecule has 3 aromatic rings. The zero-order valence-electron chi connectivity index (χ0n) is 12.3. The third kappa shape index (κ3) is 2.48. The van der Waals surface area contributed by atoms with Gasteiger partial charge in [0.15, 0.2) is 5.84 Å². The van der Waals surface area contributed by atoms with Gasteiger partial charge in [-0.3, -0.25) is 15.1 Å². The number of fused-ring (bicyclic) bond motifs is 1. The molecule has 0 unspecified atom stereocenters. The average molecular weight is 296 g/mol. The third-order valence-electron chi connectivity index (χ3n) is 3.41. The molecule has 7 heteroatoms. The van der Waals surface area contributed by atoms with Gasteiger partial charge >= 0.3 is 5.69 Å². The maximum atomic E-state index is 11.7. The lowest BCUT2D eigenvalue weighted by molar-refractivity contribution is 0.653. The lowest BCUT2D eigenvalue weighted by Gasteiger charge is -1.99. The number of hydrogen-bond donors (Lipinski definition) is 3. The zero-order chi connectivity index (χ0) is 15.7. The van der Waals surface area contributed by atoms with Crippen LogP contribution >= 0.6 is 0 Å². The van der Waals surface area contributed by atoms with Crippen LogP contribution in [0.15, 0.2) is 40.2 Å². The Morgan fingerprint density at radius 3 is 2.86 bits per heavy atom. The second-order valence-corrected chi connectivity index (χ2v) is 4.92. The molecular formula is C15H16N6O. The molecule has 0 aliphatic carbocycles. The molecule has 0 atom stereocenters. The summed E-state index contributed by atoms with van der Waals surface area (Å²) in [5, 5.41) is 13.3. The maximum Gasteiger partial charge on any atom is 0.324 e. The number of nitrogens with one attached hydrogen (secondary N) is 3. The number of aromatic amines is 2. The summed E-state index contributed by atoms with van der Waals surface area (Å²) in [6.07, 6.45) is 1.79. The van der Waals surface area contributed by atoms with Crippen molar-refractivity contribution < 1.29 is 0 Å². The van der Waals surface area contributed by atoms with Gasteiger partial charge in [0.2, 0.25) is 0 Å². The quantitative estimate of drug-likeness (QED) is 0.490. The molecule has 0 bridgehead atoms. The highest BCUT2D eigenvalue weighted by atomic mass is 16.1. The Morgan fingerprint density at radius 2 is 2.14 bits per heavy atom. The van der Waals surface area contributed by atoms with Crippen LogP contribution < -0.4 is 11.2 Å². The Balaban J connectivity index is 2.18. The van der Waals surface area contributed by atoms with Gasteiger partial charge in [0.1, 0.15) is 5.49 Å². The predicted molar refractivity (Wildman–Crippen MR) is 83.9 cm³/mol. The van der Waals surface area contributed by atoms with Gasteiger partial charge in [0, 0.05) is 18.1 Å². The highest BCUT2D eigenvalue weighted by molar-refractivity contribution is 5.98. The van der Waals surface area contributed by atoms with Crippen LogP contribution in [-0.4, -0.2) is 25.6 Å². The summed E-state index contributed by atoms with van der Waals surface area (Å²) in [6, 6.07) is 7.34. The van der Waals surface area contributed by atoms with Gasteiger partial charge < -0.3 is 4.98 Å². The van der Waals surface area contributed by atoms with E-state index in [0.29, 0.717) is 16.6 Å². The molecule has 0 saturated heterocycles. The van der Waals surface area contributed by atoms with Gasteiger partial charge in [-0.2, -0.15) is 5.10 Å². The first-order valence-electron chi connectivity index (χ1n) is 6.97. The van der Waals surface area contributed by atoms with Crippen LogP contribution in [0.3, 0.4) is 0 Å². The number of nitrogens with zero attached hydrogens (tertiary/aromatic N) is 3. The fourth-order valence-electron chi connectivity index (χ4n) is 2.30. The number of H-pyrrole nitrogens is 2. The van der Waals surface area contributed by atoms with Crippen molar-refractivity contribution in [3.05, 3.63) is 57.7 Å². The van der Waals surface area contributed by atoms with Crippen LogP contribution in [0.5, 0.6) is 0 Å². The Morgan fingerprint density at radius 1 is 1.36 bits per heavy atom. The van der Waals surface area contributed by atoms with Gasteiger partial charge in [-0.1, -0.05) is 12.1 Å². The van der Waals surface area contributed by atoms with Crippen molar-refractivity contribution in [1.29, 1.82) is 5.41 Å². The number of benzene rings is 1. The minimum Gasteiger partial charge on any atom is -0.307 e. The van der Waals surface area contributed by atoms with Gasteiger partial charge in [-0.25, -0.2) is 9.79 Å². The maximum absolute atomic E-state index is 11.7. The molecule has 0 fully saturated rings. The van der Waals surface area contributed by atoms with Crippen LogP contribution in [0.1, 0.15) is 18.2 Å². The summed E-state index contributed by atoms with van der Waals surface area (Å²) in [6.45, 7) is 4.55. The fraction of sp³-hybridized carbons (Fsp3) is 0.200. The summed E-state index contributed by atoms with van der Waals surface area (Å²) < 4.78 is 1.76. The second-order valence-electron chi connectivity index (χ2n) is 4.92. The van der Waals surface area contributed by atoms with Crippen molar-refractivity contribution >= 4 is 16.7 Å². The Labute approximate surface area is 125 Å². The van der Waals surface area contributed by atoms with Crippen molar-refractivity contribution in [3.8, 4) is 0 Å². The summed E-state index contributed by atoms with van der Waals surface area (Å²) in [4.78, 5) is 21.3. The number of para-hydroxylation sites is 1. The van der Waals surface area contributed by atoms with Gasteiger partial charge in [-0.05, 0) is 26.0 Å². The normalized spacial score (nSPS) is 12.0. The highest BCUT2D eigenvalue weighted by Gasteiger charge is 2.09. The minimum atomic E-state index is -0.355. The smallest absolute Gasteiger partial charge is 0.307 e. The molecule has 22 heavy (non-hydrogen) atoms. The predicted octanol–water partition coefficient (Wildman–Crippen LogP) is 1.31. The summed E-state index contributed by atoms with van der Waals surface area (Å²) in [5.41, 5.74) is 2.09. The summed E-state index contributed by atoms with van der Waals surface area (Å²) >= 11 is 0. The lowest BCUT2D eigenvalue weighted by atomic mass is 10.2. The molecule has 0 aliphatic rings. The molecule has 0 amide bonds. The van der Waals surface area contributed by atoms with Crippen molar-refractivity contribution in [3.63, 3.8) is 0 Å². The van der Waals surface area contributed by atoms with E-state index in [1.807, 2.05) is 32.0 Å². The van der Waals surface area contributed by atoms with E-state index >= 15 is 0 Å². The summed E-state index contributed by atoms with van der Waals surface area (Å²) in [5.74, 6) is 0.0733. The molecule has 7 nitrogen and oxygen atoms in total. The number of amidine groups is 1. The summed E-state index contributed by atoms with van der Waals surface area (Å²) in [7, 11) is 0. The number of aromatic nitrogens is 4. The average Bonchev–Trinajstić information content (AvgIpc) is 2.88. The number of rotatable bonds is 2. The zero-order valence-corrected chi connectivity index (χ0v) is 12.3. The Kier molecular flexibility index (Phi) is 3.46. The molecule has 0 saturated carbocycles. The van der Waals surface area contributed by atoms with Crippen molar-refractivity contribution in [1.82, 2.24) is 19.7 Å². The van der Waals surface area contributed by atoms with E-state index in [2.05, 4.69) is 20.1 Å². The van der Waals surface area contributed by atoms with E-state index in [4.69, 9.17) is 5.41 Å². The fourth-order valence-corrected chi connectivity index (χ4v) is 2.30. The van der Waals surface area contributed by atoms with Crippen LogP contribution in [0.4, 0.5) is 0 Å². The lowest BCUT2D eigenvalue weighted by Crippen LogP contribution is -2.24. The molecule has 2 heterocycles. The largest absolute Gasteiger partial charge is 0.324 e. The van der Waals surface area contributed by atoms with E-state index in [9.17, 15) is 4.79 Å². The van der Waals surface area contributed by atoms with Crippen molar-refractivity contribution in [2.24, 2.45) is 4.99 Å². The van der Waals surface area contributed by atoms with E-state index in [-0.39, 0.29) is 11.5 Å². The van der Waals surface area contributed by atoms with Crippen LogP contribution in [-0.2, 0) is 6.54 Å². The third-order valence-corrected chi connectivity index (χ3v) is 3.41. The van der Waals surface area contributed by atoms with E-state index in [1.54, 1.807) is 16.9 Å². The van der Waals surface area contributed by atoms with Crippen molar-refractivity contribution in [2.75, 3.05) is 0 Å². The minimum absolute atomic E-state index is 0.0733. The first kappa shape index (κ1) is 14.0.